The lowest BCUT2D eigenvalue weighted by Gasteiger charge is -2.13. The zero-order chi connectivity index (χ0) is 20.0. The average molecular weight is 515 g/mol. The summed E-state index contributed by atoms with van der Waals surface area (Å²) >= 11 is 11.8. The maximum Gasteiger partial charge on any atom is 0.269 e. The topological polar surface area (TPSA) is 79.5 Å². The van der Waals surface area contributed by atoms with Gasteiger partial charge in [0.1, 0.15) is 5.75 Å². The van der Waals surface area contributed by atoms with E-state index in [0.717, 1.165) is 20.1 Å². The predicted molar refractivity (Wildman–Crippen MR) is 115 cm³/mol. The Labute approximate surface area is 179 Å². The lowest BCUT2D eigenvalue weighted by Crippen LogP contribution is -2.49. The summed E-state index contributed by atoms with van der Waals surface area (Å²) in [6.45, 7) is 3.47. The number of hydrogen-bond donors (Lipinski definition) is 3. The van der Waals surface area contributed by atoms with Crippen LogP contribution < -0.4 is 20.9 Å². The Morgan fingerprint density at radius 1 is 1.07 bits per heavy atom. The zero-order valence-corrected chi connectivity index (χ0v) is 18.5. The average Bonchev–Trinajstić information content (AvgIpc) is 2.59. The number of hydrogen-bond acceptors (Lipinski definition) is 4. The molecule has 6 nitrogen and oxygen atoms in total. The van der Waals surface area contributed by atoms with Crippen LogP contribution in [0.15, 0.2) is 45.3 Å². The number of benzene rings is 2. The molecule has 2 amide bonds. The van der Waals surface area contributed by atoms with E-state index in [1.807, 2.05) is 38.1 Å². The molecule has 2 aromatic carbocycles. The minimum atomic E-state index is -0.452. The molecular formula is C18H17Br2N3O3S. The first-order valence-electron chi connectivity index (χ1n) is 7.82. The Bertz CT molecular complexity index is 867. The van der Waals surface area contributed by atoms with Gasteiger partial charge in [-0.05, 0) is 71.3 Å². The second-order valence-corrected chi connectivity index (χ2v) is 7.77. The minimum absolute atomic E-state index is 0.0304. The lowest BCUT2D eigenvalue weighted by molar-refractivity contribution is -0.121. The zero-order valence-electron chi connectivity index (χ0n) is 14.6. The van der Waals surface area contributed by atoms with E-state index in [2.05, 4.69) is 48.0 Å². The van der Waals surface area contributed by atoms with Crippen LogP contribution in [-0.2, 0) is 4.79 Å². The van der Waals surface area contributed by atoms with Gasteiger partial charge in [0, 0.05) is 10.0 Å². The molecule has 3 N–H and O–H groups in total. The number of hydrazine groups is 1. The van der Waals surface area contributed by atoms with Crippen molar-refractivity contribution in [1.82, 2.24) is 16.2 Å². The van der Waals surface area contributed by atoms with Gasteiger partial charge in [-0.25, -0.2) is 0 Å². The normalized spacial score (nSPS) is 10.1. The van der Waals surface area contributed by atoms with Crippen molar-refractivity contribution in [3.05, 3.63) is 62.0 Å². The number of nitrogens with one attached hydrogen (secondary N) is 3. The van der Waals surface area contributed by atoms with Crippen molar-refractivity contribution in [3.63, 3.8) is 0 Å². The highest BCUT2D eigenvalue weighted by Gasteiger charge is 2.12. The molecule has 0 spiro atoms. The van der Waals surface area contributed by atoms with Crippen LogP contribution in [0.3, 0.4) is 0 Å². The van der Waals surface area contributed by atoms with Crippen LogP contribution in [0.2, 0.25) is 0 Å². The molecule has 0 atom stereocenters. The fourth-order valence-corrected chi connectivity index (χ4v) is 3.93. The third-order valence-electron chi connectivity index (χ3n) is 3.47. The van der Waals surface area contributed by atoms with E-state index >= 15 is 0 Å². The van der Waals surface area contributed by atoms with Gasteiger partial charge in [-0.2, -0.15) is 0 Å². The third kappa shape index (κ3) is 6.30. The van der Waals surface area contributed by atoms with Crippen LogP contribution in [0.4, 0.5) is 0 Å². The number of thiocarbonyl (C=S) groups is 1. The van der Waals surface area contributed by atoms with Crippen molar-refractivity contribution in [2.45, 2.75) is 13.8 Å². The molecule has 0 unspecified atom stereocenters. The summed E-state index contributed by atoms with van der Waals surface area (Å²) in [5.41, 5.74) is 7.15. The Morgan fingerprint density at radius 2 is 1.78 bits per heavy atom. The van der Waals surface area contributed by atoms with E-state index in [4.69, 9.17) is 17.0 Å². The SMILES string of the molecule is Cc1ccccc1C(=O)NNC(=S)NC(=O)COc1c(C)cc(Br)cc1Br. The van der Waals surface area contributed by atoms with Gasteiger partial charge in [0.05, 0.1) is 4.47 Å². The van der Waals surface area contributed by atoms with Gasteiger partial charge in [0.15, 0.2) is 11.7 Å². The first kappa shape index (κ1) is 21.3. The fraction of sp³-hybridized carbons (Fsp3) is 0.167. The Balaban J connectivity index is 1.81. The van der Waals surface area contributed by atoms with E-state index in [-0.39, 0.29) is 17.6 Å². The molecule has 2 aromatic rings. The standard InChI is InChI=1S/C18H17Br2N3O3S/c1-10-5-3-4-6-13(10)17(25)22-23-18(27)21-15(24)9-26-16-11(2)7-12(19)8-14(16)20/h3-8H,9H2,1-2H3,(H,22,25)(H2,21,23,24,27). The van der Waals surface area contributed by atoms with Crippen molar-refractivity contribution in [2.24, 2.45) is 0 Å². The van der Waals surface area contributed by atoms with Crippen molar-refractivity contribution in [3.8, 4) is 5.75 Å². The van der Waals surface area contributed by atoms with E-state index in [1.54, 1.807) is 12.1 Å². The quantitative estimate of drug-likeness (QED) is 0.429. The van der Waals surface area contributed by atoms with Gasteiger partial charge >= 0.3 is 0 Å². The summed E-state index contributed by atoms with van der Waals surface area (Å²) in [6, 6.07) is 10.8. The third-order valence-corrected chi connectivity index (χ3v) is 4.72. The van der Waals surface area contributed by atoms with Crippen molar-refractivity contribution in [2.75, 3.05) is 6.61 Å². The number of rotatable bonds is 4. The summed E-state index contributed by atoms with van der Waals surface area (Å²) in [7, 11) is 0. The molecule has 0 saturated carbocycles. The molecule has 0 radical (unpaired) electrons. The highest BCUT2D eigenvalue weighted by atomic mass is 79.9. The van der Waals surface area contributed by atoms with Crippen LogP contribution in [0.1, 0.15) is 21.5 Å². The highest BCUT2D eigenvalue weighted by Crippen LogP contribution is 2.32. The maximum absolute atomic E-state index is 12.1. The molecular weight excluding hydrogens is 498 g/mol. The maximum atomic E-state index is 12.1. The molecule has 0 saturated heterocycles. The van der Waals surface area contributed by atoms with Crippen molar-refractivity contribution < 1.29 is 14.3 Å². The largest absolute Gasteiger partial charge is 0.482 e. The van der Waals surface area contributed by atoms with Gasteiger partial charge in [-0.1, -0.05) is 34.1 Å². The number of ether oxygens (including phenoxy) is 1. The molecule has 0 bridgehead atoms. The molecule has 0 aliphatic heterocycles. The summed E-state index contributed by atoms with van der Waals surface area (Å²) in [5.74, 6) is -0.234. The Hall–Kier alpha value is -1.97. The second-order valence-electron chi connectivity index (χ2n) is 5.59. The van der Waals surface area contributed by atoms with Gasteiger partial charge < -0.3 is 4.74 Å². The van der Waals surface area contributed by atoms with E-state index in [1.165, 1.54) is 0 Å². The summed E-state index contributed by atoms with van der Waals surface area (Å²) in [5, 5.41) is 2.41. The molecule has 0 aliphatic rings. The van der Waals surface area contributed by atoms with Gasteiger partial charge in [0.25, 0.3) is 11.8 Å². The van der Waals surface area contributed by atoms with Gasteiger partial charge in [-0.3, -0.25) is 25.8 Å². The van der Waals surface area contributed by atoms with Crippen LogP contribution >= 0.6 is 44.1 Å². The van der Waals surface area contributed by atoms with Gasteiger partial charge in [0.2, 0.25) is 0 Å². The molecule has 9 heteroatoms. The summed E-state index contributed by atoms with van der Waals surface area (Å²) < 4.78 is 7.17. The number of halogens is 2. The Morgan fingerprint density at radius 3 is 2.44 bits per heavy atom. The number of aryl methyl sites for hydroxylation is 2. The van der Waals surface area contributed by atoms with Crippen LogP contribution in [0, 0.1) is 13.8 Å². The van der Waals surface area contributed by atoms with E-state index in [0.29, 0.717) is 11.3 Å². The lowest BCUT2D eigenvalue weighted by atomic mass is 10.1. The van der Waals surface area contributed by atoms with E-state index in [9.17, 15) is 9.59 Å². The molecule has 27 heavy (non-hydrogen) atoms. The second kappa shape index (κ2) is 9.82. The monoisotopic (exact) mass is 513 g/mol. The fourth-order valence-electron chi connectivity index (χ4n) is 2.21. The van der Waals surface area contributed by atoms with Crippen LogP contribution in [-0.4, -0.2) is 23.5 Å². The number of carbonyl (C=O) groups excluding carboxylic acids is 2. The molecule has 0 aliphatic carbocycles. The first-order valence-corrected chi connectivity index (χ1v) is 9.81. The molecule has 142 valence electrons. The van der Waals surface area contributed by atoms with Gasteiger partial charge in [-0.15, -0.1) is 0 Å². The highest BCUT2D eigenvalue weighted by molar-refractivity contribution is 9.11. The molecule has 2 rings (SSSR count). The van der Waals surface area contributed by atoms with E-state index < -0.39 is 5.91 Å². The molecule has 0 heterocycles. The smallest absolute Gasteiger partial charge is 0.269 e. The van der Waals surface area contributed by atoms with Crippen LogP contribution in [0.25, 0.3) is 0 Å². The Kier molecular flexibility index (Phi) is 7.76. The van der Waals surface area contributed by atoms with Crippen LogP contribution in [0.5, 0.6) is 5.75 Å². The van der Waals surface area contributed by atoms with Crippen molar-refractivity contribution >= 4 is 61.0 Å². The number of carbonyl (C=O) groups is 2. The predicted octanol–water partition coefficient (Wildman–Crippen LogP) is 3.54. The minimum Gasteiger partial charge on any atom is -0.482 e. The number of amides is 2. The summed E-state index contributed by atoms with van der Waals surface area (Å²) in [6.07, 6.45) is 0. The first-order chi connectivity index (χ1) is 12.8. The molecule has 0 aromatic heterocycles. The summed E-state index contributed by atoms with van der Waals surface area (Å²) in [4.78, 5) is 24.1. The molecule has 0 fully saturated rings. The van der Waals surface area contributed by atoms with Crippen molar-refractivity contribution in [1.29, 1.82) is 0 Å².